The van der Waals surface area contributed by atoms with Crippen molar-refractivity contribution < 1.29 is 15.1 Å². The Morgan fingerprint density at radius 3 is 2.62 bits per heavy atom. The van der Waals surface area contributed by atoms with Crippen LogP contribution in [-0.4, -0.2) is 40.6 Å². The van der Waals surface area contributed by atoms with Crippen molar-refractivity contribution in [1.29, 1.82) is 0 Å². The summed E-state index contributed by atoms with van der Waals surface area (Å²) in [6, 6.07) is 0. The van der Waals surface area contributed by atoms with Crippen molar-refractivity contribution >= 4 is 12.3 Å². The molecular weight excluding hydrogens is 174 g/mol. The van der Waals surface area contributed by atoms with Gasteiger partial charge in [0.1, 0.15) is 0 Å². The van der Waals surface area contributed by atoms with E-state index in [0.29, 0.717) is 13.1 Å². The quantitative estimate of drug-likeness (QED) is 0.430. The molecule has 13 heavy (non-hydrogen) atoms. The highest BCUT2D eigenvalue weighted by Gasteiger charge is 2.20. The molecule has 1 aliphatic rings. The summed E-state index contributed by atoms with van der Waals surface area (Å²) >= 11 is 0. The van der Waals surface area contributed by atoms with Crippen molar-refractivity contribution in [2.75, 3.05) is 13.1 Å². The minimum atomic E-state index is -0.865. The number of piperidine rings is 1. The monoisotopic (exact) mass is 187 g/mol. The molecule has 6 nitrogen and oxygen atoms in total. The van der Waals surface area contributed by atoms with Crippen molar-refractivity contribution in [3.05, 3.63) is 0 Å². The summed E-state index contributed by atoms with van der Waals surface area (Å²) in [5, 5.41) is 20.3. The van der Waals surface area contributed by atoms with Gasteiger partial charge in [0.25, 0.3) is 0 Å². The average Bonchev–Trinajstić information content (AvgIpc) is 2.15. The Bertz CT molecular complexity index is 199. The van der Waals surface area contributed by atoms with Crippen molar-refractivity contribution in [3.8, 4) is 0 Å². The second-order valence-corrected chi connectivity index (χ2v) is 2.99. The predicted molar refractivity (Wildman–Crippen MR) is 45.7 cm³/mol. The standard InChI is InChI=1S/C7H13N3O3/c11-7(12)10-3-1-6(2-4-10)5-8-9-13/h5-6,9,13H,1-4H2,(H,11,12). The first-order valence-electron chi connectivity index (χ1n) is 4.14. The average molecular weight is 187 g/mol. The van der Waals surface area contributed by atoms with Gasteiger partial charge in [-0.15, -0.1) is 0 Å². The smallest absolute Gasteiger partial charge is 0.407 e. The molecular formula is C7H13N3O3. The van der Waals surface area contributed by atoms with E-state index < -0.39 is 6.09 Å². The van der Waals surface area contributed by atoms with Gasteiger partial charge in [-0.1, -0.05) is 0 Å². The van der Waals surface area contributed by atoms with Gasteiger partial charge in [-0.25, -0.2) is 4.79 Å². The summed E-state index contributed by atoms with van der Waals surface area (Å²) in [5.41, 5.74) is 1.69. The Morgan fingerprint density at radius 1 is 1.54 bits per heavy atom. The molecule has 1 saturated heterocycles. The number of nitrogens with zero attached hydrogens (tertiary/aromatic N) is 2. The van der Waals surface area contributed by atoms with E-state index in [9.17, 15) is 4.79 Å². The van der Waals surface area contributed by atoms with Gasteiger partial charge in [-0.3, -0.25) is 5.21 Å². The summed E-state index contributed by atoms with van der Waals surface area (Å²) < 4.78 is 0. The van der Waals surface area contributed by atoms with Gasteiger partial charge in [-0.05, 0) is 18.8 Å². The lowest BCUT2D eigenvalue weighted by molar-refractivity contribution is 0.131. The highest BCUT2D eigenvalue weighted by Crippen LogP contribution is 2.14. The van der Waals surface area contributed by atoms with Crippen LogP contribution in [0.4, 0.5) is 4.79 Å². The lowest BCUT2D eigenvalue weighted by atomic mass is 9.99. The van der Waals surface area contributed by atoms with E-state index in [1.807, 2.05) is 0 Å². The fraction of sp³-hybridized carbons (Fsp3) is 0.714. The molecule has 0 spiro atoms. The van der Waals surface area contributed by atoms with Gasteiger partial charge in [0.2, 0.25) is 0 Å². The van der Waals surface area contributed by atoms with Gasteiger partial charge >= 0.3 is 6.09 Å². The third-order valence-corrected chi connectivity index (χ3v) is 2.15. The molecule has 6 heteroatoms. The Labute approximate surface area is 75.8 Å². The van der Waals surface area contributed by atoms with Crippen molar-refractivity contribution in [3.63, 3.8) is 0 Å². The van der Waals surface area contributed by atoms with Gasteiger partial charge in [0.15, 0.2) is 0 Å². The highest BCUT2D eigenvalue weighted by molar-refractivity contribution is 5.66. The van der Waals surface area contributed by atoms with Crippen LogP contribution in [-0.2, 0) is 0 Å². The third kappa shape index (κ3) is 2.90. The molecule has 0 aromatic rings. The predicted octanol–water partition coefficient (Wildman–Crippen LogP) is 0.341. The van der Waals surface area contributed by atoms with E-state index in [1.54, 1.807) is 11.8 Å². The highest BCUT2D eigenvalue weighted by atomic mass is 16.5. The molecule has 1 amide bonds. The maximum absolute atomic E-state index is 10.5. The fourth-order valence-electron chi connectivity index (χ4n) is 1.38. The summed E-state index contributed by atoms with van der Waals surface area (Å²) in [5.74, 6) is 0.259. The number of rotatable bonds is 2. The van der Waals surface area contributed by atoms with Crippen molar-refractivity contribution in [2.24, 2.45) is 11.0 Å². The fourth-order valence-corrected chi connectivity index (χ4v) is 1.38. The Morgan fingerprint density at radius 2 is 2.15 bits per heavy atom. The molecule has 3 N–H and O–H groups in total. The van der Waals surface area contributed by atoms with Crippen LogP contribution < -0.4 is 5.59 Å². The minimum absolute atomic E-state index is 0.259. The lowest BCUT2D eigenvalue weighted by Gasteiger charge is -2.27. The molecule has 0 radical (unpaired) electrons. The van der Waals surface area contributed by atoms with Gasteiger partial charge in [0.05, 0.1) is 0 Å². The van der Waals surface area contributed by atoms with E-state index in [4.69, 9.17) is 10.3 Å². The first-order valence-corrected chi connectivity index (χ1v) is 4.14. The Balaban J connectivity index is 2.30. The van der Waals surface area contributed by atoms with Crippen molar-refractivity contribution in [1.82, 2.24) is 10.5 Å². The van der Waals surface area contributed by atoms with Crippen LogP contribution in [0.25, 0.3) is 0 Å². The number of carboxylic acid groups (broad SMARTS) is 1. The molecule has 0 aliphatic carbocycles. The molecule has 0 unspecified atom stereocenters. The molecule has 0 atom stereocenters. The Hall–Kier alpha value is -1.30. The van der Waals surface area contributed by atoms with Crippen LogP contribution in [0.15, 0.2) is 5.10 Å². The van der Waals surface area contributed by atoms with Crippen LogP contribution in [0.5, 0.6) is 0 Å². The molecule has 0 aromatic heterocycles. The zero-order chi connectivity index (χ0) is 9.68. The summed E-state index contributed by atoms with van der Waals surface area (Å²) in [4.78, 5) is 11.9. The summed E-state index contributed by atoms with van der Waals surface area (Å²) in [7, 11) is 0. The lowest BCUT2D eigenvalue weighted by Crippen LogP contribution is -2.37. The van der Waals surface area contributed by atoms with E-state index in [1.165, 1.54) is 4.90 Å². The number of carbonyl (C=O) groups is 1. The van der Waals surface area contributed by atoms with Gasteiger partial charge < -0.3 is 10.0 Å². The largest absolute Gasteiger partial charge is 0.465 e. The van der Waals surface area contributed by atoms with Crippen LogP contribution in [0, 0.1) is 5.92 Å². The van der Waals surface area contributed by atoms with Crippen molar-refractivity contribution in [2.45, 2.75) is 12.8 Å². The zero-order valence-electron chi connectivity index (χ0n) is 7.18. The van der Waals surface area contributed by atoms with Gasteiger partial charge in [-0.2, -0.15) is 10.7 Å². The molecule has 0 aromatic carbocycles. The zero-order valence-corrected chi connectivity index (χ0v) is 7.18. The first-order chi connectivity index (χ1) is 6.24. The second-order valence-electron chi connectivity index (χ2n) is 2.99. The minimum Gasteiger partial charge on any atom is -0.465 e. The van der Waals surface area contributed by atoms with E-state index >= 15 is 0 Å². The van der Waals surface area contributed by atoms with Crippen LogP contribution >= 0.6 is 0 Å². The van der Waals surface area contributed by atoms with Gasteiger partial charge in [0, 0.05) is 19.3 Å². The molecule has 1 aliphatic heterocycles. The topological polar surface area (TPSA) is 85.2 Å². The van der Waals surface area contributed by atoms with E-state index in [-0.39, 0.29) is 5.92 Å². The molecule has 1 heterocycles. The van der Waals surface area contributed by atoms with Crippen LogP contribution in [0.3, 0.4) is 0 Å². The number of likely N-dealkylation sites (tertiary alicyclic amines) is 1. The third-order valence-electron chi connectivity index (χ3n) is 2.15. The van der Waals surface area contributed by atoms with E-state index in [0.717, 1.165) is 12.8 Å². The molecule has 0 saturated carbocycles. The van der Waals surface area contributed by atoms with E-state index in [2.05, 4.69) is 5.10 Å². The molecule has 1 fully saturated rings. The summed E-state index contributed by atoms with van der Waals surface area (Å²) in [6.45, 7) is 1.08. The Kier molecular flexibility index (Phi) is 3.51. The summed E-state index contributed by atoms with van der Waals surface area (Å²) in [6.07, 6.45) is 2.27. The maximum Gasteiger partial charge on any atom is 0.407 e. The number of hydrogen-bond donors (Lipinski definition) is 3. The van der Waals surface area contributed by atoms with Crippen LogP contribution in [0.2, 0.25) is 0 Å². The normalized spacial score (nSPS) is 19.3. The second kappa shape index (κ2) is 4.66. The molecule has 1 rings (SSSR count). The number of amides is 1. The number of hydrogen-bond acceptors (Lipinski definition) is 4. The molecule has 74 valence electrons. The number of nitrogens with one attached hydrogen (secondary N) is 1. The molecule has 0 bridgehead atoms. The maximum atomic E-state index is 10.5. The first kappa shape index (κ1) is 9.79. The van der Waals surface area contributed by atoms with Crippen LogP contribution in [0.1, 0.15) is 12.8 Å². The number of hydrazone groups is 1. The SMILES string of the molecule is O=C(O)N1CCC(C=NNO)CC1.